The van der Waals surface area contributed by atoms with Crippen LogP contribution in [0.5, 0.6) is 0 Å². The minimum atomic E-state index is 0.348. The van der Waals surface area contributed by atoms with Crippen LogP contribution in [-0.4, -0.2) is 21.9 Å². The lowest BCUT2D eigenvalue weighted by Gasteiger charge is -2.39. The highest BCUT2D eigenvalue weighted by atomic mass is 79.9. The molecule has 1 aliphatic heterocycles. The Morgan fingerprint density at radius 1 is 1.05 bits per heavy atom. The summed E-state index contributed by atoms with van der Waals surface area (Å²) < 4.78 is 1.10. The van der Waals surface area contributed by atoms with E-state index in [1.807, 2.05) is 24.5 Å². The van der Waals surface area contributed by atoms with E-state index in [4.69, 9.17) is 0 Å². The van der Waals surface area contributed by atoms with E-state index in [2.05, 4.69) is 56.9 Å². The zero-order valence-electron chi connectivity index (χ0n) is 12.5. The molecule has 0 aliphatic carbocycles. The number of rotatable bonds is 2. The number of likely N-dealkylation sites (tertiary alicyclic amines) is 1. The van der Waals surface area contributed by atoms with Crippen molar-refractivity contribution < 1.29 is 0 Å². The summed E-state index contributed by atoms with van der Waals surface area (Å²) in [7, 11) is 2.20. The van der Waals surface area contributed by atoms with Crippen LogP contribution in [0.15, 0.2) is 41.1 Å². The summed E-state index contributed by atoms with van der Waals surface area (Å²) in [6.45, 7) is 2.15. The number of aryl methyl sites for hydroxylation is 1. The largest absolute Gasteiger partial charge is 0.289 e. The van der Waals surface area contributed by atoms with Gasteiger partial charge in [-0.2, -0.15) is 0 Å². The first kappa shape index (κ1) is 14.7. The fraction of sp³-hybridized carbons (Fsp3) is 0.412. The minimum Gasteiger partial charge on any atom is -0.289 e. The topological polar surface area (TPSA) is 29.0 Å². The molecule has 2 unspecified atom stereocenters. The first-order valence-corrected chi connectivity index (χ1v) is 8.21. The molecule has 2 aromatic rings. The molecule has 3 heterocycles. The SMILES string of the molecule is Cc1cccnc1C1CCCC(c2ncccc2Br)N1C. The fourth-order valence-electron chi connectivity index (χ4n) is 3.28. The van der Waals surface area contributed by atoms with Gasteiger partial charge < -0.3 is 0 Å². The van der Waals surface area contributed by atoms with Crippen molar-refractivity contribution >= 4 is 15.9 Å². The van der Waals surface area contributed by atoms with Gasteiger partial charge in [0, 0.05) is 16.9 Å². The Morgan fingerprint density at radius 3 is 2.33 bits per heavy atom. The van der Waals surface area contributed by atoms with Crippen molar-refractivity contribution in [2.75, 3.05) is 7.05 Å². The lowest BCUT2D eigenvalue weighted by Crippen LogP contribution is -2.34. The normalized spacial score (nSPS) is 23.2. The smallest absolute Gasteiger partial charge is 0.0717 e. The van der Waals surface area contributed by atoms with Crippen LogP contribution in [0.3, 0.4) is 0 Å². The maximum atomic E-state index is 4.63. The van der Waals surface area contributed by atoms with Gasteiger partial charge in [0.05, 0.1) is 23.5 Å². The summed E-state index contributed by atoms with van der Waals surface area (Å²) in [4.78, 5) is 11.7. The summed E-state index contributed by atoms with van der Waals surface area (Å²) in [5.74, 6) is 0. The molecule has 110 valence electrons. The summed E-state index contributed by atoms with van der Waals surface area (Å²) in [6, 6.07) is 8.92. The van der Waals surface area contributed by atoms with Gasteiger partial charge >= 0.3 is 0 Å². The van der Waals surface area contributed by atoms with E-state index < -0.39 is 0 Å². The van der Waals surface area contributed by atoms with Gasteiger partial charge in [-0.1, -0.05) is 6.07 Å². The molecule has 1 saturated heterocycles. The molecule has 21 heavy (non-hydrogen) atoms. The first-order valence-electron chi connectivity index (χ1n) is 7.42. The zero-order chi connectivity index (χ0) is 14.8. The number of hydrogen-bond acceptors (Lipinski definition) is 3. The van der Waals surface area contributed by atoms with Crippen LogP contribution >= 0.6 is 15.9 Å². The van der Waals surface area contributed by atoms with Gasteiger partial charge in [-0.3, -0.25) is 14.9 Å². The third-order valence-corrected chi connectivity index (χ3v) is 5.08. The van der Waals surface area contributed by atoms with Gasteiger partial charge in [-0.15, -0.1) is 0 Å². The van der Waals surface area contributed by atoms with Gasteiger partial charge in [-0.25, -0.2) is 0 Å². The molecule has 1 fully saturated rings. The average molecular weight is 346 g/mol. The lowest BCUT2D eigenvalue weighted by atomic mass is 9.90. The van der Waals surface area contributed by atoms with Crippen molar-refractivity contribution in [2.24, 2.45) is 0 Å². The second-order valence-electron chi connectivity index (χ2n) is 5.70. The Bertz CT molecular complexity index is 575. The summed E-state index contributed by atoms with van der Waals surface area (Å²) in [6.07, 6.45) is 7.29. The Hall–Kier alpha value is -1.26. The highest BCUT2D eigenvalue weighted by Crippen LogP contribution is 2.41. The van der Waals surface area contributed by atoms with E-state index in [9.17, 15) is 0 Å². The summed E-state index contributed by atoms with van der Waals surface area (Å²) in [5.41, 5.74) is 3.62. The highest BCUT2D eigenvalue weighted by Gasteiger charge is 2.32. The molecule has 3 rings (SSSR count). The van der Waals surface area contributed by atoms with Crippen LogP contribution in [0, 0.1) is 6.92 Å². The van der Waals surface area contributed by atoms with E-state index in [1.54, 1.807) is 0 Å². The molecule has 0 saturated carbocycles. The first-order chi connectivity index (χ1) is 10.2. The lowest BCUT2D eigenvalue weighted by molar-refractivity contribution is 0.108. The number of pyridine rings is 2. The van der Waals surface area contributed by atoms with E-state index in [0.717, 1.165) is 23.0 Å². The number of hydrogen-bond donors (Lipinski definition) is 0. The highest BCUT2D eigenvalue weighted by molar-refractivity contribution is 9.10. The Labute approximate surface area is 134 Å². The van der Waals surface area contributed by atoms with Crippen LogP contribution < -0.4 is 0 Å². The Morgan fingerprint density at radius 2 is 1.67 bits per heavy atom. The molecule has 1 aliphatic rings. The van der Waals surface area contributed by atoms with Crippen molar-refractivity contribution in [2.45, 2.75) is 38.3 Å². The Balaban J connectivity index is 1.93. The van der Waals surface area contributed by atoms with E-state index in [1.165, 1.54) is 17.7 Å². The second-order valence-corrected chi connectivity index (χ2v) is 6.56. The monoisotopic (exact) mass is 345 g/mol. The Kier molecular flexibility index (Phi) is 4.36. The van der Waals surface area contributed by atoms with Gasteiger partial charge in [0.25, 0.3) is 0 Å². The van der Waals surface area contributed by atoms with E-state index >= 15 is 0 Å². The van der Waals surface area contributed by atoms with Crippen LogP contribution in [0.4, 0.5) is 0 Å². The molecule has 3 nitrogen and oxygen atoms in total. The van der Waals surface area contributed by atoms with Crippen molar-refractivity contribution in [3.8, 4) is 0 Å². The summed E-state index contributed by atoms with van der Waals surface area (Å²) >= 11 is 3.65. The maximum absolute atomic E-state index is 4.63. The summed E-state index contributed by atoms with van der Waals surface area (Å²) in [5, 5.41) is 0. The predicted octanol–water partition coefficient (Wildman–Crippen LogP) is 4.45. The van der Waals surface area contributed by atoms with Crippen LogP contribution in [0.25, 0.3) is 0 Å². The maximum Gasteiger partial charge on any atom is 0.0717 e. The van der Waals surface area contributed by atoms with E-state index in [-0.39, 0.29) is 0 Å². The minimum absolute atomic E-state index is 0.348. The number of nitrogens with zero attached hydrogens (tertiary/aromatic N) is 3. The van der Waals surface area contributed by atoms with Crippen molar-refractivity contribution in [3.05, 3.63) is 58.1 Å². The van der Waals surface area contributed by atoms with Gasteiger partial charge in [0.15, 0.2) is 0 Å². The van der Waals surface area contributed by atoms with Crippen molar-refractivity contribution in [1.29, 1.82) is 0 Å². The predicted molar refractivity (Wildman–Crippen MR) is 88.0 cm³/mol. The number of piperidine rings is 1. The number of aromatic nitrogens is 2. The molecule has 0 spiro atoms. The third kappa shape index (κ3) is 2.87. The van der Waals surface area contributed by atoms with Gasteiger partial charge in [0.1, 0.15) is 0 Å². The molecule has 0 aromatic carbocycles. The molecule has 0 amide bonds. The second kappa shape index (κ2) is 6.24. The molecule has 4 heteroatoms. The third-order valence-electron chi connectivity index (χ3n) is 4.41. The van der Waals surface area contributed by atoms with Crippen molar-refractivity contribution in [3.63, 3.8) is 0 Å². The molecule has 2 aromatic heterocycles. The standard InChI is InChI=1S/C17H20BrN3/c1-12-6-4-10-19-16(12)14-8-3-9-15(21(14)2)17-13(18)7-5-11-20-17/h4-7,10-11,14-15H,3,8-9H2,1-2H3. The number of halogens is 1. The van der Waals surface area contributed by atoms with Crippen molar-refractivity contribution in [1.82, 2.24) is 14.9 Å². The molecule has 0 N–H and O–H groups in total. The molecule has 0 bridgehead atoms. The van der Waals surface area contributed by atoms with Crippen LogP contribution in [-0.2, 0) is 0 Å². The van der Waals surface area contributed by atoms with Gasteiger partial charge in [-0.05, 0) is 72.9 Å². The fourth-order valence-corrected chi connectivity index (χ4v) is 3.80. The quantitative estimate of drug-likeness (QED) is 0.805. The van der Waals surface area contributed by atoms with E-state index in [0.29, 0.717) is 12.1 Å². The molecule has 2 atom stereocenters. The molecular weight excluding hydrogens is 326 g/mol. The van der Waals surface area contributed by atoms with Crippen LogP contribution in [0.2, 0.25) is 0 Å². The van der Waals surface area contributed by atoms with Crippen LogP contribution in [0.1, 0.15) is 48.3 Å². The average Bonchev–Trinajstić information content (AvgIpc) is 2.49. The van der Waals surface area contributed by atoms with Gasteiger partial charge in [0.2, 0.25) is 0 Å². The molecular formula is C17H20BrN3. The molecule has 0 radical (unpaired) electrons. The zero-order valence-corrected chi connectivity index (χ0v) is 14.0.